The van der Waals surface area contributed by atoms with Crippen LogP contribution < -0.4 is 36.4 Å². The Balaban J connectivity index is -0.000000679. The van der Waals surface area contributed by atoms with Crippen molar-refractivity contribution in [3.8, 4) is 0 Å². The fourth-order valence-corrected chi connectivity index (χ4v) is 2.82. The van der Waals surface area contributed by atoms with Crippen LogP contribution in [0, 0.1) is 5.92 Å². The van der Waals surface area contributed by atoms with E-state index in [1.807, 2.05) is 41.5 Å². The van der Waals surface area contributed by atoms with Crippen molar-refractivity contribution in [2.75, 3.05) is 51.9 Å². The van der Waals surface area contributed by atoms with Gasteiger partial charge in [-0.1, -0.05) is 46.8 Å². The number of urea groups is 1. The zero-order chi connectivity index (χ0) is 37.2. The Kier molecular flexibility index (Phi) is 34.2. The number of primary amides is 1. The Morgan fingerprint density at radius 1 is 0.958 bits per heavy atom. The summed E-state index contributed by atoms with van der Waals surface area (Å²) < 4.78 is 24.4. The number of anilines is 1. The third kappa shape index (κ3) is 34.6. The third-order valence-electron chi connectivity index (χ3n) is 5.06. The summed E-state index contributed by atoms with van der Waals surface area (Å²) in [6.07, 6.45) is 0.423. The molecule has 0 aromatic heterocycles. The summed E-state index contributed by atoms with van der Waals surface area (Å²) in [5.41, 5.74) is 6.06. The van der Waals surface area contributed by atoms with Gasteiger partial charge in [0.1, 0.15) is 13.2 Å². The number of rotatable bonds is 18. The number of benzene rings is 1. The van der Waals surface area contributed by atoms with Crippen molar-refractivity contribution < 1.29 is 47.7 Å². The van der Waals surface area contributed by atoms with Crippen molar-refractivity contribution in [2.24, 2.45) is 11.7 Å². The molecule has 17 nitrogen and oxygen atoms in total. The quantitative estimate of drug-likeness (QED) is 0.0384. The van der Waals surface area contributed by atoms with E-state index in [1.165, 1.54) is 7.11 Å². The molecule has 272 valence electrons. The minimum absolute atomic E-state index is 0.0713. The van der Waals surface area contributed by atoms with Crippen molar-refractivity contribution >= 4 is 62.1 Å². The molecule has 0 saturated heterocycles. The van der Waals surface area contributed by atoms with Crippen LogP contribution in [0.15, 0.2) is 24.3 Å². The molecule has 1 aromatic rings. The molecule has 1 unspecified atom stereocenters. The maximum Gasteiger partial charge on any atom is 0.417 e. The molecule has 0 aliphatic carbocycles. The fraction of sp³-hybridized carbons (Fsp3) is 0.586. The van der Waals surface area contributed by atoms with Gasteiger partial charge in [-0.25, -0.2) is 19.1 Å². The van der Waals surface area contributed by atoms with Crippen LogP contribution in [0.3, 0.4) is 0 Å². The number of nitrogens with two attached hydrogens (primary N) is 1. The van der Waals surface area contributed by atoms with Crippen LogP contribution in [0.1, 0.15) is 53.5 Å². The molecule has 0 spiro atoms. The molecule has 0 bridgehead atoms. The summed E-state index contributed by atoms with van der Waals surface area (Å²) in [4.78, 5) is 63.6. The highest BCUT2D eigenvalue weighted by Gasteiger charge is 2.11. The van der Waals surface area contributed by atoms with Gasteiger partial charge in [-0.05, 0) is 37.0 Å². The summed E-state index contributed by atoms with van der Waals surface area (Å²) in [7, 11) is 6.12. The number of hydrogen-bond acceptors (Lipinski definition) is 12. The standard InChI is InChI=1S/C12H25N3O5S.C11H11BN2O4.C4H10N2O.C2H6/c1-9(2)10(3)14-11(16)20-8-7-19-6-5-13-21-15-12(17)18-4;12-11(17)18-6-8-1-3-9(4-2-8)14-10(16)5-13-7-15;1-2-3-6-4(5)7;1-2/h9-10,13H,5-8H2,1-4H3,(H,14,16)(H,15,17);1-4,7H,5-6H2,(H,13,15)(H,14,16);2-3H2,1H3,(H3,5,6,7);1-2H3. The van der Waals surface area contributed by atoms with Gasteiger partial charge in [-0.15, -0.1) is 0 Å². The summed E-state index contributed by atoms with van der Waals surface area (Å²) in [6.45, 7) is 14.1. The van der Waals surface area contributed by atoms with Crippen molar-refractivity contribution in [1.29, 1.82) is 0 Å². The van der Waals surface area contributed by atoms with E-state index in [1.54, 1.807) is 24.3 Å². The van der Waals surface area contributed by atoms with Gasteiger partial charge in [-0.3, -0.25) is 19.1 Å². The molecule has 6 amide bonds. The highest BCUT2D eigenvalue weighted by Crippen LogP contribution is 2.10. The SMILES string of the molecule is CC.CCCNC(N)=O.COC(=O)NSNCCOCCOC(=O)NC(C)C(C)C.[B]C(=O)OCc1ccc(NC(=O)CNC=O)cc1. The number of hydrogen-bond donors (Lipinski definition) is 7. The Bertz CT molecular complexity index is 1020. The predicted molar refractivity (Wildman–Crippen MR) is 185 cm³/mol. The lowest BCUT2D eigenvalue weighted by Crippen LogP contribution is -2.37. The van der Waals surface area contributed by atoms with Gasteiger partial charge < -0.3 is 45.9 Å². The minimum atomic E-state index is -0.840. The number of alkyl carbamates (subject to hydrolysis) is 1. The van der Waals surface area contributed by atoms with Crippen LogP contribution in [0.5, 0.6) is 0 Å². The van der Waals surface area contributed by atoms with E-state index in [0.717, 1.165) is 24.1 Å². The van der Waals surface area contributed by atoms with Gasteiger partial charge >= 0.3 is 18.2 Å². The zero-order valence-electron chi connectivity index (χ0n) is 28.8. The predicted octanol–water partition coefficient (Wildman–Crippen LogP) is 2.55. The second kappa shape index (κ2) is 34.1. The first kappa shape index (κ1) is 48.2. The molecule has 8 N–H and O–H groups in total. The van der Waals surface area contributed by atoms with Gasteiger partial charge in [0.2, 0.25) is 26.0 Å². The average Bonchev–Trinajstić information content (AvgIpc) is 3.06. The average molecular weight is 702 g/mol. The first-order chi connectivity index (χ1) is 22.9. The Morgan fingerprint density at radius 2 is 1.60 bits per heavy atom. The summed E-state index contributed by atoms with van der Waals surface area (Å²) in [5.74, 6) is -0.813. The number of nitrogens with one attached hydrogen (secondary N) is 6. The van der Waals surface area contributed by atoms with Crippen molar-refractivity contribution in [3.05, 3.63) is 29.8 Å². The fourth-order valence-electron chi connectivity index (χ4n) is 2.40. The molecule has 0 heterocycles. The van der Waals surface area contributed by atoms with E-state index in [9.17, 15) is 28.8 Å². The minimum Gasteiger partial charge on any atom is -0.470 e. The molecule has 19 heteroatoms. The molecular formula is C29H52BN7O10S. The highest BCUT2D eigenvalue weighted by atomic mass is 32.2. The van der Waals surface area contributed by atoms with Gasteiger partial charge in [0, 0.05) is 37.0 Å². The topological polar surface area (TPSA) is 238 Å². The van der Waals surface area contributed by atoms with Crippen LogP contribution in [-0.4, -0.2) is 96.9 Å². The highest BCUT2D eigenvalue weighted by molar-refractivity contribution is 7.96. The van der Waals surface area contributed by atoms with Crippen LogP contribution in [0.2, 0.25) is 0 Å². The first-order valence-corrected chi connectivity index (χ1v) is 15.9. The van der Waals surface area contributed by atoms with Gasteiger partial charge in [0.05, 0.1) is 26.9 Å². The van der Waals surface area contributed by atoms with E-state index < -0.39 is 24.1 Å². The molecule has 0 aliphatic rings. The van der Waals surface area contributed by atoms with E-state index >= 15 is 0 Å². The van der Waals surface area contributed by atoms with E-state index in [-0.39, 0.29) is 31.7 Å². The van der Waals surface area contributed by atoms with Gasteiger partial charge in [0.15, 0.2) is 0 Å². The second-order valence-electron chi connectivity index (χ2n) is 9.16. The van der Waals surface area contributed by atoms with Crippen LogP contribution in [0.4, 0.5) is 24.9 Å². The Labute approximate surface area is 288 Å². The lowest BCUT2D eigenvalue weighted by atomic mass is 10.1. The lowest BCUT2D eigenvalue weighted by Gasteiger charge is -2.17. The van der Waals surface area contributed by atoms with Gasteiger partial charge in [-0.2, -0.15) is 0 Å². The molecule has 1 atom stereocenters. The number of methoxy groups -OCH3 is 1. The maximum atomic E-state index is 11.4. The number of ether oxygens (including phenoxy) is 4. The van der Waals surface area contributed by atoms with Crippen LogP contribution in [0.25, 0.3) is 0 Å². The number of carbonyl (C=O) groups excluding carboxylic acids is 6. The van der Waals surface area contributed by atoms with Crippen LogP contribution in [-0.2, 0) is 35.1 Å². The van der Waals surface area contributed by atoms with Crippen molar-refractivity contribution in [1.82, 2.24) is 25.4 Å². The number of carbonyl (C=O) groups is 6. The molecule has 1 rings (SSSR count). The first-order valence-electron chi connectivity index (χ1n) is 15.1. The largest absolute Gasteiger partial charge is 0.470 e. The summed E-state index contributed by atoms with van der Waals surface area (Å²) in [5, 5.41) is 9.99. The summed E-state index contributed by atoms with van der Waals surface area (Å²) >= 11 is 1.01. The van der Waals surface area contributed by atoms with E-state index in [4.69, 9.17) is 23.1 Å². The number of amides is 6. The van der Waals surface area contributed by atoms with Crippen molar-refractivity contribution in [2.45, 2.75) is 60.6 Å². The second-order valence-corrected chi connectivity index (χ2v) is 9.85. The van der Waals surface area contributed by atoms with Crippen molar-refractivity contribution in [3.63, 3.8) is 0 Å². The molecule has 0 aliphatic heterocycles. The smallest absolute Gasteiger partial charge is 0.417 e. The normalized spacial score (nSPS) is 10.0. The van der Waals surface area contributed by atoms with E-state index in [2.05, 4.69) is 40.2 Å². The van der Waals surface area contributed by atoms with E-state index in [0.29, 0.717) is 44.3 Å². The lowest BCUT2D eigenvalue weighted by molar-refractivity contribution is -0.118. The Hall–Kier alpha value is -4.23. The monoisotopic (exact) mass is 701 g/mol. The molecule has 1 aromatic carbocycles. The molecule has 2 radical (unpaired) electrons. The van der Waals surface area contributed by atoms with Gasteiger partial charge in [0.25, 0.3) is 0 Å². The summed E-state index contributed by atoms with van der Waals surface area (Å²) in [6, 6.07) is 6.30. The maximum absolute atomic E-state index is 11.4. The third-order valence-corrected chi connectivity index (χ3v) is 5.68. The molecular weight excluding hydrogens is 649 g/mol. The molecule has 0 fully saturated rings. The molecule has 48 heavy (non-hydrogen) atoms. The van der Waals surface area contributed by atoms with Crippen LogP contribution >= 0.6 is 12.1 Å². The zero-order valence-corrected chi connectivity index (χ0v) is 29.7. The molecule has 0 saturated carbocycles. The Morgan fingerprint density at radius 3 is 2.10 bits per heavy atom.